The van der Waals surface area contributed by atoms with Gasteiger partial charge in [-0.1, -0.05) is 23.2 Å². The number of benzene rings is 2. The maximum absolute atomic E-state index is 12.5. The Labute approximate surface area is 154 Å². The van der Waals surface area contributed by atoms with Gasteiger partial charge >= 0.3 is 0 Å². The average molecular weight is 381 g/mol. The van der Waals surface area contributed by atoms with E-state index in [1.165, 1.54) is 23.1 Å². The molecule has 0 aromatic heterocycles. The van der Waals surface area contributed by atoms with E-state index in [0.29, 0.717) is 27.8 Å². The van der Waals surface area contributed by atoms with E-state index < -0.39 is 5.91 Å². The van der Waals surface area contributed by atoms with Crippen LogP contribution in [-0.4, -0.2) is 37.6 Å². The first-order valence-electron chi connectivity index (χ1n) is 7.28. The molecule has 3 rings (SSSR count). The number of carbonyl (C=O) groups excluding carboxylic acids is 2. The summed E-state index contributed by atoms with van der Waals surface area (Å²) in [6.45, 7) is 0.0562. The van der Waals surface area contributed by atoms with E-state index in [0.717, 1.165) is 0 Å². The van der Waals surface area contributed by atoms with Gasteiger partial charge in [0.15, 0.2) is 11.5 Å². The summed E-state index contributed by atoms with van der Waals surface area (Å²) in [7, 11) is 3.29. The van der Waals surface area contributed by atoms with Crippen LogP contribution in [-0.2, 0) is 0 Å². The van der Waals surface area contributed by atoms with Gasteiger partial charge in [-0.2, -0.15) is 0 Å². The monoisotopic (exact) mass is 380 g/mol. The van der Waals surface area contributed by atoms with Crippen molar-refractivity contribution in [3.63, 3.8) is 0 Å². The summed E-state index contributed by atoms with van der Waals surface area (Å²) in [4.78, 5) is 26.0. The van der Waals surface area contributed by atoms with Crippen LogP contribution in [0, 0.1) is 0 Å². The zero-order valence-corrected chi connectivity index (χ0v) is 14.9. The Hall–Kier alpha value is -2.44. The number of halogens is 2. The molecular weight excluding hydrogens is 367 g/mol. The largest absolute Gasteiger partial charge is 0.454 e. The lowest BCUT2D eigenvalue weighted by Gasteiger charge is -2.13. The third-order valence-corrected chi connectivity index (χ3v) is 4.17. The minimum Gasteiger partial charge on any atom is -0.454 e. The van der Waals surface area contributed by atoms with E-state index in [1.54, 1.807) is 26.2 Å². The Balaban J connectivity index is 1.87. The predicted molar refractivity (Wildman–Crippen MR) is 95.0 cm³/mol. The van der Waals surface area contributed by atoms with Crippen molar-refractivity contribution in [3.05, 3.63) is 51.5 Å². The molecule has 1 heterocycles. The number of nitrogens with zero attached hydrogens (tertiary/aromatic N) is 1. The van der Waals surface area contributed by atoms with Gasteiger partial charge in [0.1, 0.15) is 0 Å². The van der Waals surface area contributed by atoms with Gasteiger partial charge in [-0.15, -0.1) is 0 Å². The highest BCUT2D eigenvalue weighted by Gasteiger charge is 2.21. The van der Waals surface area contributed by atoms with Crippen LogP contribution in [0.25, 0.3) is 0 Å². The number of nitrogens with one attached hydrogen (secondary N) is 1. The first-order valence-corrected chi connectivity index (χ1v) is 8.04. The fourth-order valence-corrected chi connectivity index (χ4v) is 2.74. The lowest BCUT2D eigenvalue weighted by atomic mass is 10.1. The van der Waals surface area contributed by atoms with Gasteiger partial charge in [-0.3, -0.25) is 9.59 Å². The number of ether oxygens (including phenoxy) is 2. The maximum atomic E-state index is 12.5. The van der Waals surface area contributed by atoms with Crippen LogP contribution in [0.15, 0.2) is 30.3 Å². The molecule has 0 bridgehead atoms. The SMILES string of the molecule is CN(C)C(=O)c1ccc(Cl)c(NC(=O)c2cc(Cl)c3c(c2)OCO3)c1. The van der Waals surface area contributed by atoms with Crippen molar-refractivity contribution in [3.8, 4) is 11.5 Å². The summed E-state index contributed by atoms with van der Waals surface area (Å²) in [6, 6.07) is 7.69. The number of anilines is 1. The van der Waals surface area contributed by atoms with Gasteiger partial charge in [-0.25, -0.2) is 0 Å². The van der Waals surface area contributed by atoms with Gasteiger partial charge in [0.25, 0.3) is 11.8 Å². The summed E-state index contributed by atoms with van der Waals surface area (Å²) in [5.74, 6) is 0.185. The zero-order valence-electron chi connectivity index (χ0n) is 13.4. The van der Waals surface area contributed by atoms with Crippen LogP contribution < -0.4 is 14.8 Å². The molecule has 2 aromatic carbocycles. The van der Waals surface area contributed by atoms with E-state index in [2.05, 4.69) is 5.32 Å². The van der Waals surface area contributed by atoms with Crippen molar-refractivity contribution < 1.29 is 19.1 Å². The molecule has 1 aliphatic rings. The molecule has 25 heavy (non-hydrogen) atoms. The molecule has 0 spiro atoms. The highest BCUT2D eigenvalue weighted by molar-refractivity contribution is 6.34. The van der Waals surface area contributed by atoms with Crippen molar-refractivity contribution in [2.45, 2.75) is 0 Å². The zero-order chi connectivity index (χ0) is 18.1. The second kappa shape index (κ2) is 6.82. The van der Waals surface area contributed by atoms with Gasteiger partial charge in [0, 0.05) is 25.2 Å². The van der Waals surface area contributed by atoms with Gasteiger partial charge < -0.3 is 19.7 Å². The molecule has 6 nitrogen and oxygen atoms in total. The smallest absolute Gasteiger partial charge is 0.255 e. The summed E-state index contributed by atoms with van der Waals surface area (Å²) < 4.78 is 10.5. The van der Waals surface area contributed by atoms with Crippen molar-refractivity contribution in [1.29, 1.82) is 0 Å². The van der Waals surface area contributed by atoms with Crippen LogP contribution in [0.1, 0.15) is 20.7 Å². The number of rotatable bonds is 3. The second-order valence-corrected chi connectivity index (χ2v) is 6.35. The van der Waals surface area contributed by atoms with Gasteiger partial charge in [0.2, 0.25) is 6.79 Å². The van der Waals surface area contributed by atoms with Crippen LogP contribution in [0.3, 0.4) is 0 Å². The minimum atomic E-state index is -0.434. The highest BCUT2D eigenvalue weighted by atomic mass is 35.5. The van der Waals surface area contributed by atoms with Crippen molar-refractivity contribution in [2.75, 3.05) is 26.2 Å². The third kappa shape index (κ3) is 3.50. The van der Waals surface area contributed by atoms with Gasteiger partial charge in [0.05, 0.1) is 15.7 Å². The quantitative estimate of drug-likeness (QED) is 0.881. The molecule has 1 N–H and O–H groups in total. The average Bonchev–Trinajstić information content (AvgIpc) is 3.05. The van der Waals surface area contributed by atoms with E-state index in [1.807, 2.05) is 0 Å². The van der Waals surface area contributed by atoms with Crippen molar-refractivity contribution in [2.24, 2.45) is 0 Å². The number of hydrogen-bond acceptors (Lipinski definition) is 4. The molecule has 0 saturated carbocycles. The molecular formula is C17H14Cl2N2O4. The van der Waals surface area contributed by atoms with E-state index in [4.69, 9.17) is 32.7 Å². The fraction of sp³-hybridized carbons (Fsp3) is 0.176. The Kier molecular flexibility index (Phi) is 4.74. The summed E-state index contributed by atoms with van der Waals surface area (Å²) >= 11 is 12.2. The third-order valence-electron chi connectivity index (χ3n) is 3.56. The first-order chi connectivity index (χ1) is 11.9. The fourth-order valence-electron chi connectivity index (χ4n) is 2.31. The van der Waals surface area contributed by atoms with Crippen LogP contribution in [0.5, 0.6) is 11.5 Å². The summed E-state index contributed by atoms with van der Waals surface area (Å²) in [5, 5.41) is 3.28. The van der Waals surface area contributed by atoms with Crippen molar-refractivity contribution >= 4 is 40.7 Å². The number of amides is 2. The molecule has 0 unspecified atom stereocenters. The molecule has 130 valence electrons. The molecule has 2 amide bonds. The summed E-state index contributed by atoms with van der Waals surface area (Å²) in [5.41, 5.74) is 1.02. The van der Waals surface area contributed by atoms with E-state index in [9.17, 15) is 9.59 Å². The molecule has 1 aliphatic heterocycles. The second-order valence-electron chi connectivity index (χ2n) is 5.54. The van der Waals surface area contributed by atoms with Gasteiger partial charge in [-0.05, 0) is 30.3 Å². The van der Waals surface area contributed by atoms with E-state index in [-0.39, 0.29) is 23.3 Å². The molecule has 0 atom stereocenters. The Morgan fingerprint density at radius 2 is 1.80 bits per heavy atom. The number of carbonyl (C=O) groups is 2. The predicted octanol–water partition coefficient (Wildman–Crippen LogP) is 3.68. The molecule has 2 aromatic rings. The Morgan fingerprint density at radius 3 is 2.52 bits per heavy atom. The number of fused-ring (bicyclic) bond motifs is 1. The summed E-state index contributed by atoms with van der Waals surface area (Å²) in [6.07, 6.45) is 0. The minimum absolute atomic E-state index is 0.0562. The molecule has 8 heteroatoms. The maximum Gasteiger partial charge on any atom is 0.255 e. The topological polar surface area (TPSA) is 67.9 Å². The Bertz CT molecular complexity index is 868. The molecule has 0 aliphatic carbocycles. The van der Waals surface area contributed by atoms with Crippen molar-refractivity contribution in [1.82, 2.24) is 4.90 Å². The molecule has 0 saturated heterocycles. The first kappa shape index (κ1) is 17.4. The molecule has 0 fully saturated rings. The lowest BCUT2D eigenvalue weighted by Crippen LogP contribution is -2.22. The van der Waals surface area contributed by atoms with Crippen LogP contribution >= 0.6 is 23.2 Å². The van der Waals surface area contributed by atoms with Crippen LogP contribution in [0.4, 0.5) is 5.69 Å². The number of hydrogen-bond donors (Lipinski definition) is 1. The molecule has 0 radical (unpaired) electrons. The lowest BCUT2D eigenvalue weighted by molar-refractivity contribution is 0.0827. The van der Waals surface area contributed by atoms with Crippen LogP contribution in [0.2, 0.25) is 10.0 Å². The normalized spacial score (nSPS) is 12.0. The van der Waals surface area contributed by atoms with E-state index >= 15 is 0 Å². The standard InChI is InChI=1S/C17H14Cl2N2O4/c1-21(2)17(23)9-3-4-11(18)13(6-9)20-16(22)10-5-12(19)15-14(7-10)24-8-25-15/h3-7H,8H2,1-2H3,(H,20,22). The highest BCUT2D eigenvalue weighted by Crippen LogP contribution is 2.40. The Morgan fingerprint density at radius 1 is 1.04 bits per heavy atom.